The lowest BCUT2D eigenvalue weighted by molar-refractivity contribution is 0.116. The van der Waals surface area contributed by atoms with Gasteiger partial charge in [0.1, 0.15) is 11.5 Å². The largest absolute Gasteiger partial charge is 0.415 e. The van der Waals surface area contributed by atoms with Crippen LogP contribution in [0.4, 0.5) is 13.2 Å². The van der Waals surface area contributed by atoms with Crippen molar-refractivity contribution >= 4 is 0 Å². The van der Waals surface area contributed by atoms with Crippen LogP contribution in [0.15, 0.2) is 41.3 Å². The molecule has 0 N–H and O–H groups in total. The minimum absolute atomic E-state index is 0.0339. The van der Waals surface area contributed by atoms with Crippen molar-refractivity contribution in [2.24, 2.45) is 0 Å². The van der Waals surface area contributed by atoms with Crippen molar-refractivity contribution < 1.29 is 17.6 Å². The van der Waals surface area contributed by atoms with Gasteiger partial charge < -0.3 is 4.42 Å². The summed E-state index contributed by atoms with van der Waals surface area (Å²) in [4.78, 5) is 10.7. The molecule has 4 aromatic heterocycles. The molecule has 0 radical (unpaired) electrons. The Bertz CT molecular complexity index is 1240. The molecule has 32 heavy (non-hydrogen) atoms. The third-order valence-corrected chi connectivity index (χ3v) is 5.09. The molecule has 0 amide bonds. The number of hydrogen-bond donors (Lipinski definition) is 0. The van der Waals surface area contributed by atoms with Gasteiger partial charge in [-0.2, -0.15) is 8.78 Å². The molecule has 12 heteroatoms. The molecule has 0 spiro atoms. The van der Waals surface area contributed by atoms with Gasteiger partial charge >= 0.3 is 6.43 Å². The van der Waals surface area contributed by atoms with E-state index in [4.69, 9.17) is 4.42 Å². The van der Waals surface area contributed by atoms with Crippen LogP contribution in [0, 0.1) is 5.82 Å². The standard InChI is InChI=1S/C20H17F3N8O/c21-15-5-14(19-27-28-20(32-19)18(22)23)8-25-17(15)11-31-10-16(26-29-31)13-4-12(6-24-7-13)9-30-2-1-3-30/h4-8,10,18H,1-3,9,11H2. The Labute approximate surface area is 179 Å². The molecule has 0 bridgehead atoms. The quantitative estimate of drug-likeness (QED) is 0.431. The third-order valence-electron chi connectivity index (χ3n) is 5.09. The summed E-state index contributed by atoms with van der Waals surface area (Å²) in [5.41, 5.74) is 2.74. The number of nitrogens with zero attached hydrogens (tertiary/aromatic N) is 8. The van der Waals surface area contributed by atoms with Crippen LogP contribution >= 0.6 is 0 Å². The predicted octanol–water partition coefficient (Wildman–Crippen LogP) is 3.12. The van der Waals surface area contributed by atoms with Crippen LogP contribution in [0.25, 0.3) is 22.7 Å². The van der Waals surface area contributed by atoms with Crippen molar-refractivity contribution in [3.8, 4) is 22.7 Å². The molecule has 5 rings (SSSR count). The van der Waals surface area contributed by atoms with E-state index in [1.165, 1.54) is 17.3 Å². The molecule has 1 saturated heterocycles. The molecular weight excluding hydrogens is 425 g/mol. The number of pyridine rings is 2. The van der Waals surface area contributed by atoms with Gasteiger partial charge in [-0.25, -0.2) is 9.07 Å². The second kappa shape index (κ2) is 8.46. The van der Waals surface area contributed by atoms with Crippen LogP contribution in [0.5, 0.6) is 0 Å². The molecule has 0 atom stereocenters. The van der Waals surface area contributed by atoms with Gasteiger partial charge in [-0.1, -0.05) is 5.21 Å². The number of alkyl halides is 2. The van der Waals surface area contributed by atoms with E-state index in [-0.39, 0.29) is 23.7 Å². The summed E-state index contributed by atoms with van der Waals surface area (Å²) in [6, 6.07) is 3.12. The highest BCUT2D eigenvalue weighted by molar-refractivity contribution is 5.57. The van der Waals surface area contributed by atoms with E-state index in [1.54, 1.807) is 12.4 Å². The summed E-state index contributed by atoms with van der Waals surface area (Å²) in [7, 11) is 0. The van der Waals surface area contributed by atoms with Gasteiger partial charge in [0.2, 0.25) is 5.89 Å². The highest BCUT2D eigenvalue weighted by Crippen LogP contribution is 2.24. The van der Waals surface area contributed by atoms with Gasteiger partial charge in [-0.15, -0.1) is 15.3 Å². The number of aromatic nitrogens is 7. The molecule has 0 unspecified atom stereocenters. The minimum Gasteiger partial charge on any atom is -0.415 e. The average Bonchev–Trinajstić information content (AvgIpc) is 3.43. The summed E-state index contributed by atoms with van der Waals surface area (Å²) >= 11 is 0. The van der Waals surface area contributed by atoms with Crippen LogP contribution in [0.1, 0.15) is 30.0 Å². The highest BCUT2D eigenvalue weighted by Gasteiger charge is 2.19. The second-order valence-electron chi connectivity index (χ2n) is 7.41. The molecule has 0 aromatic carbocycles. The fraction of sp³-hybridized carbons (Fsp3) is 0.300. The van der Waals surface area contributed by atoms with Crippen molar-refractivity contribution in [2.75, 3.05) is 13.1 Å². The molecule has 9 nitrogen and oxygen atoms in total. The summed E-state index contributed by atoms with van der Waals surface area (Å²) in [5, 5.41) is 14.9. The molecule has 4 aromatic rings. The van der Waals surface area contributed by atoms with Crippen molar-refractivity contribution in [3.05, 3.63) is 59.9 Å². The number of likely N-dealkylation sites (tertiary alicyclic amines) is 1. The van der Waals surface area contributed by atoms with E-state index in [2.05, 4.69) is 35.4 Å². The zero-order valence-corrected chi connectivity index (χ0v) is 16.7. The van der Waals surface area contributed by atoms with Gasteiger partial charge in [0.25, 0.3) is 5.89 Å². The summed E-state index contributed by atoms with van der Waals surface area (Å²) < 4.78 is 46.0. The molecule has 0 saturated carbocycles. The van der Waals surface area contributed by atoms with Gasteiger partial charge in [0, 0.05) is 30.7 Å². The Hall–Kier alpha value is -3.67. The molecule has 1 aliphatic rings. The predicted molar refractivity (Wildman–Crippen MR) is 105 cm³/mol. The number of halogens is 3. The first-order valence-electron chi connectivity index (χ1n) is 9.88. The Morgan fingerprint density at radius 2 is 1.88 bits per heavy atom. The number of hydrogen-bond acceptors (Lipinski definition) is 8. The van der Waals surface area contributed by atoms with Gasteiger partial charge in [-0.3, -0.25) is 14.9 Å². The fourth-order valence-electron chi connectivity index (χ4n) is 3.31. The molecule has 5 heterocycles. The van der Waals surface area contributed by atoms with E-state index < -0.39 is 18.1 Å². The zero-order chi connectivity index (χ0) is 22.1. The van der Waals surface area contributed by atoms with Gasteiger partial charge in [-0.05, 0) is 37.2 Å². The van der Waals surface area contributed by atoms with E-state index in [0.717, 1.165) is 36.8 Å². The monoisotopic (exact) mass is 442 g/mol. The van der Waals surface area contributed by atoms with Crippen LogP contribution in [0.3, 0.4) is 0 Å². The normalized spacial score (nSPS) is 14.1. The van der Waals surface area contributed by atoms with Crippen LogP contribution < -0.4 is 0 Å². The summed E-state index contributed by atoms with van der Waals surface area (Å²) in [6.45, 7) is 3.07. The number of rotatable bonds is 7. The molecule has 0 aliphatic carbocycles. The van der Waals surface area contributed by atoms with Crippen LogP contribution in [-0.2, 0) is 13.1 Å². The maximum atomic E-state index is 14.6. The summed E-state index contributed by atoms with van der Waals surface area (Å²) in [5.74, 6) is -1.72. The Morgan fingerprint density at radius 3 is 2.59 bits per heavy atom. The Kier molecular flexibility index (Phi) is 5.35. The zero-order valence-electron chi connectivity index (χ0n) is 16.7. The first-order chi connectivity index (χ1) is 15.5. The van der Waals surface area contributed by atoms with Crippen molar-refractivity contribution in [1.82, 2.24) is 40.1 Å². The highest BCUT2D eigenvalue weighted by atomic mass is 19.3. The van der Waals surface area contributed by atoms with E-state index >= 15 is 0 Å². The SMILES string of the molecule is Fc1cc(-c2nnc(C(F)F)o2)cnc1Cn1cc(-c2cncc(CN3CCC3)c2)nn1. The Balaban J connectivity index is 1.30. The summed E-state index contributed by atoms with van der Waals surface area (Å²) in [6.07, 6.45) is 4.83. The molecular formula is C20H17F3N8O. The molecule has 1 fully saturated rings. The maximum Gasteiger partial charge on any atom is 0.314 e. The van der Waals surface area contributed by atoms with Crippen LogP contribution in [0.2, 0.25) is 0 Å². The van der Waals surface area contributed by atoms with Crippen molar-refractivity contribution in [1.29, 1.82) is 0 Å². The topological polar surface area (TPSA) is 98.6 Å². The lowest BCUT2D eigenvalue weighted by atomic mass is 10.1. The Morgan fingerprint density at radius 1 is 1.00 bits per heavy atom. The second-order valence-corrected chi connectivity index (χ2v) is 7.41. The van der Waals surface area contributed by atoms with Crippen molar-refractivity contribution in [2.45, 2.75) is 25.9 Å². The van der Waals surface area contributed by atoms with Gasteiger partial charge in [0.15, 0.2) is 0 Å². The smallest absolute Gasteiger partial charge is 0.314 e. The van der Waals surface area contributed by atoms with Gasteiger partial charge in [0.05, 0.1) is 24.0 Å². The first kappa shape index (κ1) is 20.2. The third kappa shape index (κ3) is 4.21. The lowest BCUT2D eigenvalue weighted by Gasteiger charge is -2.30. The lowest BCUT2D eigenvalue weighted by Crippen LogP contribution is -2.36. The minimum atomic E-state index is -2.90. The van der Waals surface area contributed by atoms with E-state index in [0.29, 0.717) is 5.69 Å². The molecule has 164 valence electrons. The average molecular weight is 442 g/mol. The first-order valence-corrected chi connectivity index (χ1v) is 9.88. The maximum absolute atomic E-state index is 14.6. The van der Waals surface area contributed by atoms with E-state index in [9.17, 15) is 13.2 Å². The van der Waals surface area contributed by atoms with E-state index in [1.807, 2.05) is 12.3 Å². The van der Waals surface area contributed by atoms with Crippen LogP contribution in [-0.4, -0.2) is 53.1 Å². The fourth-order valence-corrected chi connectivity index (χ4v) is 3.31. The van der Waals surface area contributed by atoms with Crippen molar-refractivity contribution in [3.63, 3.8) is 0 Å². The molecule has 1 aliphatic heterocycles.